The van der Waals surface area contributed by atoms with Gasteiger partial charge in [-0.25, -0.2) is 4.79 Å². The molecule has 0 unspecified atom stereocenters. The zero-order valence-electron chi connectivity index (χ0n) is 14.7. The van der Waals surface area contributed by atoms with E-state index in [0.717, 1.165) is 16.9 Å². The standard InChI is InChI=1S/C19H22N2O3S/c1-4-6-15-17(19(22)23-5-2)16(14(11-20)18(21)24-15)12-7-9-13(25-3)10-8-12/h7-10,16H,4-6,21H2,1-3H3/t16-/m0/s1. The van der Waals surface area contributed by atoms with E-state index in [1.807, 2.05) is 37.4 Å². The number of hydrogen-bond donors (Lipinski definition) is 1. The van der Waals surface area contributed by atoms with E-state index in [1.165, 1.54) is 0 Å². The number of nitriles is 1. The molecule has 132 valence electrons. The summed E-state index contributed by atoms with van der Waals surface area (Å²) in [5.41, 5.74) is 7.39. The first kappa shape index (κ1) is 18.9. The molecule has 0 fully saturated rings. The van der Waals surface area contributed by atoms with Crippen LogP contribution in [0.15, 0.2) is 51.9 Å². The van der Waals surface area contributed by atoms with Crippen molar-refractivity contribution in [3.63, 3.8) is 0 Å². The molecule has 0 aromatic heterocycles. The van der Waals surface area contributed by atoms with Gasteiger partial charge < -0.3 is 15.2 Å². The molecule has 0 spiro atoms. The van der Waals surface area contributed by atoms with Crippen LogP contribution in [0.25, 0.3) is 0 Å². The summed E-state index contributed by atoms with van der Waals surface area (Å²) in [5.74, 6) is -0.505. The number of nitrogens with two attached hydrogens (primary N) is 1. The summed E-state index contributed by atoms with van der Waals surface area (Å²) < 4.78 is 10.8. The third-order valence-corrected chi connectivity index (χ3v) is 4.66. The fourth-order valence-corrected chi connectivity index (χ4v) is 3.20. The van der Waals surface area contributed by atoms with Crippen molar-refractivity contribution in [3.8, 4) is 6.07 Å². The van der Waals surface area contributed by atoms with E-state index in [0.29, 0.717) is 17.8 Å². The highest BCUT2D eigenvalue weighted by Gasteiger charge is 2.37. The number of allylic oxidation sites excluding steroid dienone is 2. The van der Waals surface area contributed by atoms with Gasteiger partial charge in [-0.05, 0) is 37.3 Å². The second-order valence-electron chi connectivity index (χ2n) is 5.51. The summed E-state index contributed by atoms with van der Waals surface area (Å²) in [4.78, 5) is 13.7. The highest BCUT2D eigenvalue weighted by atomic mass is 32.2. The average molecular weight is 358 g/mol. The maximum Gasteiger partial charge on any atom is 0.338 e. The molecule has 1 heterocycles. The van der Waals surface area contributed by atoms with Crippen molar-refractivity contribution < 1.29 is 14.3 Å². The fourth-order valence-electron chi connectivity index (χ4n) is 2.79. The molecule has 0 saturated carbocycles. The normalized spacial score (nSPS) is 17.1. The van der Waals surface area contributed by atoms with Crippen molar-refractivity contribution in [2.45, 2.75) is 37.5 Å². The van der Waals surface area contributed by atoms with Crippen LogP contribution in [-0.2, 0) is 14.3 Å². The first-order chi connectivity index (χ1) is 12.1. The lowest BCUT2D eigenvalue weighted by Crippen LogP contribution is -2.26. The first-order valence-electron chi connectivity index (χ1n) is 8.18. The molecule has 1 atom stereocenters. The summed E-state index contributed by atoms with van der Waals surface area (Å²) in [7, 11) is 0. The molecular weight excluding hydrogens is 336 g/mol. The number of nitrogens with zero attached hydrogens (tertiary/aromatic N) is 1. The summed E-state index contributed by atoms with van der Waals surface area (Å²) >= 11 is 1.63. The Morgan fingerprint density at radius 3 is 2.56 bits per heavy atom. The minimum atomic E-state index is -0.574. The van der Waals surface area contributed by atoms with E-state index in [2.05, 4.69) is 6.07 Å². The van der Waals surface area contributed by atoms with Crippen molar-refractivity contribution in [1.82, 2.24) is 0 Å². The molecule has 5 nitrogen and oxygen atoms in total. The van der Waals surface area contributed by atoms with Gasteiger partial charge >= 0.3 is 5.97 Å². The lowest BCUT2D eigenvalue weighted by molar-refractivity contribution is -0.139. The molecule has 6 heteroatoms. The van der Waals surface area contributed by atoms with Gasteiger partial charge in [-0.15, -0.1) is 11.8 Å². The molecule has 0 saturated heterocycles. The number of thioether (sulfide) groups is 1. The minimum Gasteiger partial charge on any atom is -0.463 e. The smallest absolute Gasteiger partial charge is 0.338 e. The third-order valence-electron chi connectivity index (χ3n) is 3.92. The van der Waals surface area contributed by atoms with Crippen molar-refractivity contribution in [1.29, 1.82) is 5.26 Å². The summed E-state index contributed by atoms with van der Waals surface area (Å²) in [6.45, 7) is 3.99. The Morgan fingerprint density at radius 2 is 2.04 bits per heavy atom. The monoisotopic (exact) mass is 358 g/mol. The largest absolute Gasteiger partial charge is 0.463 e. The Bertz CT molecular complexity index is 745. The zero-order chi connectivity index (χ0) is 18.4. The van der Waals surface area contributed by atoms with Crippen molar-refractivity contribution in [2.24, 2.45) is 5.73 Å². The predicted octanol–water partition coefficient (Wildman–Crippen LogP) is 3.83. The predicted molar refractivity (Wildman–Crippen MR) is 97.4 cm³/mol. The molecule has 1 aliphatic heterocycles. The van der Waals surface area contributed by atoms with Crippen LogP contribution in [0.3, 0.4) is 0 Å². The number of carbonyl (C=O) groups is 1. The van der Waals surface area contributed by atoms with E-state index in [-0.39, 0.29) is 18.1 Å². The van der Waals surface area contributed by atoms with Gasteiger partial charge in [0.05, 0.1) is 18.1 Å². The molecule has 1 aromatic carbocycles. The van der Waals surface area contributed by atoms with Crippen molar-refractivity contribution in [3.05, 3.63) is 52.6 Å². The molecule has 1 aromatic rings. The van der Waals surface area contributed by atoms with Gasteiger partial charge in [0.25, 0.3) is 0 Å². The molecule has 0 bridgehead atoms. The number of rotatable bonds is 6. The van der Waals surface area contributed by atoms with E-state index in [9.17, 15) is 10.1 Å². The Kier molecular flexibility index (Phi) is 6.54. The van der Waals surface area contributed by atoms with E-state index in [1.54, 1.807) is 18.7 Å². The average Bonchev–Trinajstić information content (AvgIpc) is 2.61. The van der Waals surface area contributed by atoms with E-state index in [4.69, 9.17) is 15.2 Å². The van der Waals surface area contributed by atoms with E-state index < -0.39 is 11.9 Å². The van der Waals surface area contributed by atoms with Crippen LogP contribution in [0.4, 0.5) is 0 Å². The number of hydrogen-bond acceptors (Lipinski definition) is 6. The van der Waals surface area contributed by atoms with Gasteiger partial charge in [-0.3, -0.25) is 0 Å². The number of esters is 1. The molecule has 2 rings (SSSR count). The molecule has 2 N–H and O–H groups in total. The second kappa shape index (κ2) is 8.63. The van der Waals surface area contributed by atoms with Gasteiger partial charge in [-0.2, -0.15) is 5.26 Å². The van der Waals surface area contributed by atoms with Gasteiger partial charge in [0.15, 0.2) is 0 Å². The Balaban J connectivity index is 2.61. The van der Waals surface area contributed by atoms with Crippen LogP contribution in [0.5, 0.6) is 0 Å². The molecule has 0 aliphatic carbocycles. The minimum absolute atomic E-state index is 0.0536. The lowest BCUT2D eigenvalue weighted by Gasteiger charge is -2.28. The van der Waals surface area contributed by atoms with Crippen molar-refractivity contribution >= 4 is 17.7 Å². The van der Waals surface area contributed by atoms with Gasteiger partial charge in [0.1, 0.15) is 17.4 Å². The van der Waals surface area contributed by atoms with E-state index >= 15 is 0 Å². The first-order valence-corrected chi connectivity index (χ1v) is 9.41. The summed E-state index contributed by atoms with van der Waals surface area (Å²) in [6.07, 6.45) is 3.32. The Morgan fingerprint density at radius 1 is 1.36 bits per heavy atom. The highest BCUT2D eigenvalue weighted by molar-refractivity contribution is 7.98. The molecule has 25 heavy (non-hydrogen) atoms. The maximum absolute atomic E-state index is 12.6. The summed E-state index contributed by atoms with van der Waals surface area (Å²) in [6, 6.07) is 9.85. The Hall–Kier alpha value is -2.39. The third kappa shape index (κ3) is 3.99. The number of carbonyl (C=O) groups excluding carboxylic acids is 1. The van der Waals surface area contributed by atoms with Gasteiger partial charge in [-0.1, -0.05) is 19.1 Å². The van der Waals surface area contributed by atoms with Crippen LogP contribution < -0.4 is 5.73 Å². The molecular formula is C19H22N2O3S. The quantitative estimate of drug-likeness (QED) is 0.614. The van der Waals surface area contributed by atoms with Gasteiger partial charge in [0, 0.05) is 11.3 Å². The zero-order valence-corrected chi connectivity index (χ0v) is 15.5. The summed E-state index contributed by atoms with van der Waals surface area (Å²) in [5, 5.41) is 9.59. The Labute approximate surface area is 152 Å². The topological polar surface area (TPSA) is 85.3 Å². The van der Waals surface area contributed by atoms with Crippen LogP contribution in [-0.4, -0.2) is 18.8 Å². The second-order valence-corrected chi connectivity index (χ2v) is 6.38. The molecule has 0 radical (unpaired) electrons. The van der Waals surface area contributed by atoms with Crippen molar-refractivity contribution in [2.75, 3.05) is 12.9 Å². The molecule has 0 amide bonds. The number of benzene rings is 1. The van der Waals surface area contributed by atoms with Crippen LogP contribution in [0, 0.1) is 11.3 Å². The SMILES string of the molecule is CCCC1=C(C(=O)OCC)[C@@H](c2ccc(SC)cc2)C(C#N)=C(N)O1. The van der Waals surface area contributed by atoms with Crippen LogP contribution in [0.2, 0.25) is 0 Å². The number of ether oxygens (including phenoxy) is 2. The highest BCUT2D eigenvalue weighted by Crippen LogP contribution is 2.41. The lowest BCUT2D eigenvalue weighted by atomic mass is 9.82. The van der Waals surface area contributed by atoms with Crippen LogP contribution in [0.1, 0.15) is 38.2 Å². The van der Waals surface area contributed by atoms with Gasteiger partial charge in [0.2, 0.25) is 5.88 Å². The molecule has 1 aliphatic rings. The van der Waals surface area contributed by atoms with Crippen LogP contribution >= 0.6 is 11.8 Å². The maximum atomic E-state index is 12.6. The fraction of sp³-hybridized carbons (Fsp3) is 0.368.